The Bertz CT molecular complexity index is 645. The van der Waals surface area contributed by atoms with E-state index >= 15 is 0 Å². The number of benzene rings is 1. The van der Waals surface area contributed by atoms with E-state index in [1.165, 1.54) is 5.56 Å². The molecule has 1 atom stereocenters. The minimum atomic E-state index is -4.06. The van der Waals surface area contributed by atoms with Crippen molar-refractivity contribution in [1.82, 2.24) is 14.7 Å². The quantitative estimate of drug-likeness (QED) is 0.626. The molecule has 4 nitrogen and oxygen atoms in total. The predicted molar refractivity (Wildman–Crippen MR) is 112 cm³/mol. The maximum atomic E-state index is 12.6. The molecule has 2 aliphatic rings. The monoisotopic (exact) mass is 425 g/mol. The van der Waals surface area contributed by atoms with Crippen molar-refractivity contribution in [1.29, 1.82) is 0 Å². The van der Waals surface area contributed by atoms with Gasteiger partial charge in [-0.2, -0.15) is 13.2 Å². The highest BCUT2D eigenvalue weighted by Gasteiger charge is 2.28. The summed E-state index contributed by atoms with van der Waals surface area (Å²) in [5, 5.41) is 0. The van der Waals surface area contributed by atoms with E-state index in [4.69, 9.17) is 0 Å². The number of rotatable bonds is 8. The Hall–Kier alpha value is -1.60. The first kappa shape index (κ1) is 23.1. The summed E-state index contributed by atoms with van der Waals surface area (Å²) in [5.74, 6) is 0.650. The van der Waals surface area contributed by atoms with Crippen LogP contribution in [0.1, 0.15) is 44.1 Å². The van der Waals surface area contributed by atoms with Crippen LogP contribution in [0, 0.1) is 5.92 Å². The molecule has 0 radical (unpaired) electrons. The van der Waals surface area contributed by atoms with E-state index < -0.39 is 12.6 Å². The smallest absolute Gasteiger partial charge is 0.340 e. The summed E-state index contributed by atoms with van der Waals surface area (Å²) in [6.45, 7) is 6.50. The molecule has 3 rings (SSSR count). The van der Waals surface area contributed by atoms with E-state index in [0.717, 1.165) is 65.1 Å². The highest BCUT2D eigenvalue weighted by molar-refractivity contribution is 5.76. The van der Waals surface area contributed by atoms with Crippen molar-refractivity contribution in [2.45, 2.75) is 51.2 Å². The lowest BCUT2D eigenvalue weighted by Gasteiger charge is -2.36. The predicted octanol–water partition coefficient (Wildman–Crippen LogP) is 4.17. The van der Waals surface area contributed by atoms with Gasteiger partial charge < -0.3 is 9.80 Å². The molecular weight excluding hydrogens is 391 g/mol. The molecule has 2 aliphatic heterocycles. The second-order valence-electron chi connectivity index (χ2n) is 8.71. The van der Waals surface area contributed by atoms with E-state index in [2.05, 4.69) is 34.1 Å². The average molecular weight is 426 g/mol. The van der Waals surface area contributed by atoms with Gasteiger partial charge in [-0.05, 0) is 50.3 Å². The number of nitrogens with zero attached hydrogens (tertiary/aromatic N) is 3. The van der Waals surface area contributed by atoms with Gasteiger partial charge in [-0.1, -0.05) is 30.3 Å². The van der Waals surface area contributed by atoms with E-state index in [1.807, 2.05) is 11.0 Å². The zero-order chi connectivity index (χ0) is 21.4. The zero-order valence-electron chi connectivity index (χ0n) is 17.7. The van der Waals surface area contributed by atoms with Gasteiger partial charge in [0.2, 0.25) is 5.91 Å². The van der Waals surface area contributed by atoms with Crippen molar-refractivity contribution in [3.05, 3.63) is 35.9 Å². The number of likely N-dealkylation sites (tertiary alicyclic amines) is 1. The summed E-state index contributed by atoms with van der Waals surface area (Å²) in [4.78, 5) is 19.1. The second kappa shape index (κ2) is 11.1. The van der Waals surface area contributed by atoms with Crippen LogP contribution in [0.2, 0.25) is 0 Å². The van der Waals surface area contributed by atoms with Crippen LogP contribution in [0.15, 0.2) is 30.3 Å². The molecule has 1 aromatic rings. The number of hydrogen-bond donors (Lipinski definition) is 0. The van der Waals surface area contributed by atoms with Gasteiger partial charge in [-0.25, -0.2) is 0 Å². The van der Waals surface area contributed by atoms with Crippen LogP contribution in [0.5, 0.6) is 0 Å². The molecule has 0 spiro atoms. The van der Waals surface area contributed by atoms with E-state index in [0.29, 0.717) is 18.9 Å². The number of carbonyl (C=O) groups excluding carboxylic acids is 1. The molecule has 0 N–H and O–H groups in total. The third kappa shape index (κ3) is 7.91. The largest absolute Gasteiger partial charge is 0.389 e. The Labute approximate surface area is 178 Å². The van der Waals surface area contributed by atoms with Crippen molar-refractivity contribution in [2.75, 3.05) is 45.8 Å². The molecular formula is C23H34F3N3O. The molecule has 2 heterocycles. The summed E-state index contributed by atoms with van der Waals surface area (Å²) in [6, 6.07) is 10.4. The number of piperazine rings is 1. The van der Waals surface area contributed by atoms with E-state index in [1.54, 1.807) is 0 Å². The van der Waals surface area contributed by atoms with Gasteiger partial charge >= 0.3 is 6.18 Å². The van der Waals surface area contributed by atoms with Crippen molar-refractivity contribution in [3.63, 3.8) is 0 Å². The molecule has 30 heavy (non-hydrogen) atoms. The zero-order valence-corrected chi connectivity index (χ0v) is 17.7. The maximum Gasteiger partial charge on any atom is 0.389 e. The van der Waals surface area contributed by atoms with Crippen molar-refractivity contribution >= 4 is 5.91 Å². The number of hydrogen-bond acceptors (Lipinski definition) is 3. The summed E-state index contributed by atoms with van der Waals surface area (Å²) < 4.78 is 37.0. The second-order valence-corrected chi connectivity index (χ2v) is 8.71. The highest BCUT2D eigenvalue weighted by Crippen LogP contribution is 2.25. The average Bonchev–Trinajstić information content (AvgIpc) is 2.73. The van der Waals surface area contributed by atoms with Gasteiger partial charge in [0.1, 0.15) is 0 Å². The lowest BCUT2D eigenvalue weighted by atomic mass is 9.93. The first-order chi connectivity index (χ1) is 14.4. The molecule has 168 valence electrons. The van der Waals surface area contributed by atoms with Gasteiger partial charge in [0, 0.05) is 52.1 Å². The third-order valence-corrected chi connectivity index (χ3v) is 6.28. The first-order valence-corrected chi connectivity index (χ1v) is 11.2. The van der Waals surface area contributed by atoms with Crippen LogP contribution in [0.25, 0.3) is 0 Å². The number of carbonyl (C=O) groups is 1. The minimum Gasteiger partial charge on any atom is -0.340 e. The number of alkyl halides is 3. The Kier molecular flexibility index (Phi) is 8.57. The molecule has 2 saturated heterocycles. The Morgan fingerprint density at radius 3 is 2.43 bits per heavy atom. The fourth-order valence-corrected chi connectivity index (χ4v) is 4.58. The Morgan fingerprint density at radius 2 is 1.73 bits per heavy atom. The standard InChI is InChI=1S/C23H34F3N3O/c24-23(25,26)11-5-13-27-12-4-8-21(19-27)9-10-22(30)29-16-14-28(15-17-29)18-20-6-2-1-3-7-20/h1-3,6-7,21H,4-5,8-19H2. The highest BCUT2D eigenvalue weighted by atomic mass is 19.4. The molecule has 0 aliphatic carbocycles. The first-order valence-electron chi connectivity index (χ1n) is 11.2. The van der Waals surface area contributed by atoms with Crippen molar-refractivity contribution in [3.8, 4) is 0 Å². The van der Waals surface area contributed by atoms with Gasteiger partial charge in [0.15, 0.2) is 0 Å². The Balaban J connectivity index is 1.32. The molecule has 1 unspecified atom stereocenters. The van der Waals surface area contributed by atoms with Crippen LogP contribution >= 0.6 is 0 Å². The molecule has 0 bridgehead atoms. The van der Waals surface area contributed by atoms with E-state index in [-0.39, 0.29) is 12.3 Å². The molecule has 1 amide bonds. The number of halogens is 3. The summed E-state index contributed by atoms with van der Waals surface area (Å²) in [5.41, 5.74) is 1.30. The number of amides is 1. The minimum absolute atomic E-state index is 0.169. The van der Waals surface area contributed by atoms with Crippen LogP contribution in [0.3, 0.4) is 0 Å². The van der Waals surface area contributed by atoms with Crippen molar-refractivity contribution in [2.24, 2.45) is 5.92 Å². The van der Waals surface area contributed by atoms with Crippen LogP contribution in [-0.2, 0) is 11.3 Å². The SMILES string of the molecule is O=C(CCC1CCCN(CCCC(F)(F)F)C1)N1CCN(Cc2ccccc2)CC1. The fraction of sp³-hybridized carbons (Fsp3) is 0.696. The van der Waals surface area contributed by atoms with Gasteiger partial charge in [-0.15, -0.1) is 0 Å². The van der Waals surface area contributed by atoms with E-state index in [9.17, 15) is 18.0 Å². The summed E-state index contributed by atoms with van der Waals surface area (Å²) in [7, 11) is 0. The van der Waals surface area contributed by atoms with Gasteiger partial charge in [0.25, 0.3) is 0 Å². The summed E-state index contributed by atoms with van der Waals surface area (Å²) in [6.07, 6.45) is -1.10. The van der Waals surface area contributed by atoms with Crippen LogP contribution in [-0.4, -0.2) is 72.6 Å². The molecule has 7 heteroatoms. The number of piperidine rings is 1. The van der Waals surface area contributed by atoms with Gasteiger partial charge in [0.05, 0.1) is 0 Å². The fourth-order valence-electron chi connectivity index (χ4n) is 4.58. The molecule has 1 aromatic carbocycles. The lowest BCUT2D eigenvalue weighted by molar-refractivity contribution is -0.136. The molecule has 0 saturated carbocycles. The topological polar surface area (TPSA) is 26.8 Å². The van der Waals surface area contributed by atoms with Crippen LogP contribution in [0.4, 0.5) is 13.2 Å². The Morgan fingerprint density at radius 1 is 1.00 bits per heavy atom. The molecule has 0 aromatic heterocycles. The van der Waals surface area contributed by atoms with Gasteiger partial charge in [-0.3, -0.25) is 9.69 Å². The summed E-state index contributed by atoms with van der Waals surface area (Å²) >= 11 is 0. The van der Waals surface area contributed by atoms with Crippen molar-refractivity contribution < 1.29 is 18.0 Å². The molecule has 2 fully saturated rings. The normalized spacial score (nSPS) is 21.7. The third-order valence-electron chi connectivity index (χ3n) is 6.28. The van der Waals surface area contributed by atoms with Crippen LogP contribution < -0.4 is 0 Å². The maximum absolute atomic E-state index is 12.6. The lowest BCUT2D eigenvalue weighted by Crippen LogP contribution is -2.48.